The van der Waals surface area contributed by atoms with E-state index in [1.165, 1.54) is 0 Å². The van der Waals surface area contributed by atoms with E-state index >= 15 is 0 Å². The van der Waals surface area contributed by atoms with E-state index in [1.807, 2.05) is 34.0 Å². The molecule has 0 spiro atoms. The van der Waals surface area contributed by atoms with Gasteiger partial charge >= 0.3 is 0 Å². The first kappa shape index (κ1) is 17.0. The fourth-order valence-electron chi connectivity index (χ4n) is 3.85. The van der Waals surface area contributed by atoms with Gasteiger partial charge in [-0.1, -0.05) is 6.07 Å². The van der Waals surface area contributed by atoms with Crippen molar-refractivity contribution in [3.05, 3.63) is 37.1 Å². The van der Waals surface area contributed by atoms with Crippen molar-refractivity contribution in [2.24, 2.45) is 0 Å². The van der Waals surface area contributed by atoms with Crippen LogP contribution in [0.25, 0.3) is 0 Å². The molecule has 2 aromatic rings. The summed E-state index contributed by atoms with van der Waals surface area (Å²) >= 11 is 0. The lowest BCUT2D eigenvalue weighted by Gasteiger charge is -2.36. The maximum atomic E-state index is 12.8. The molecule has 2 fully saturated rings. The van der Waals surface area contributed by atoms with E-state index < -0.39 is 0 Å². The maximum Gasteiger partial charge on any atom is 0.237 e. The summed E-state index contributed by atoms with van der Waals surface area (Å²) in [6.07, 6.45) is 7.20. The quantitative estimate of drug-likeness (QED) is 0.777. The topological polar surface area (TPSA) is 70.4 Å². The number of hydrogen-bond donors (Lipinski definition) is 0. The Morgan fingerprint density at radius 3 is 2.77 bits per heavy atom. The van der Waals surface area contributed by atoms with Gasteiger partial charge in [0.15, 0.2) is 0 Å². The maximum absolute atomic E-state index is 12.8. The van der Waals surface area contributed by atoms with Crippen LogP contribution in [0.15, 0.2) is 37.1 Å². The molecule has 4 rings (SSSR count). The summed E-state index contributed by atoms with van der Waals surface area (Å²) in [7, 11) is 0. The fraction of sp³-hybridized carbons (Fsp3) is 0.556. The third kappa shape index (κ3) is 3.85. The van der Waals surface area contributed by atoms with Gasteiger partial charge in [0, 0.05) is 38.9 Å². The van der Waals surface area contributed by atoms with Gasteiger partial charge in [-0.25, -0.2) is 9.97 Å². The highest BCUT2D eigenvalue weighted by Crippen LogP contribution is 2.19. The summed E-state index contributed by atoms with van der Waals surface area (Å²) in [4.78, 5) is 27.8. The molecule has 0 saturated carbocycles. The van der Waals surface area contributed by atoms with Crippen molar-refractivity contribution < 1.29 is 4.79 Å². The molecule has 4 heterocycles. The molecule has 2 saturated heterocycles. The van der Waals surface area contributed by atoms with E-state index in [4.69, 9.17) is 0 Å². The Labute approximate surface area is 153 Å². The molecule has 1 unspecified atom stereocenters. The van der Waals surface area contributed by atoms with Gasteiger partial charge in [-0.05, 0) is 25.0 Å². The first-order valence-corrected chi connectivity index (χ1v) is 9.30. The largest absolute Gasteiger partial charge is 0.354 e. The van der Waals surface area contributed by atoms with Crippen molar-refractivity contribution in [2.45, 2.75) is 25.4 Å². The molecule has 0 aliphatic carbocycles. The number of likely N-dealkylation sites (tertiary alicyclic amines) is 1. The molecule has 8 nitrogen and oxygen atoms in total. The van der Waals surface area contributed by atoms with Gasteiger partial charge in [0.25, 0.3) is 0 Å². The van der Waals surface area contributed by atoms with Crippen LogP contribution in [0.5, 0.6) is 0 Å². The van der Waals surface area contributed by atoms with Crippen molar-refractivity contribution in [1.82, 2.24) is 29.5 Å². The smallest absolute Gasteiger partial charge is 0.237 e. The summed E-state index contributed by atoms with van der Waals surface area (Å²) in [5, 5.41) is 4.17. The number of amides is 1. The lowest BCUT2D eigenvalue weighted by Crippen LogP contribution is -2.51. The minimum atomic E-state index is 0.235. The molecule has 1 amide bonds. The molecular formula is C18H25N7O. The molecule has 2 aliphatic rings. The van der Waals surface area contributed by atoms with Gasteiger partial charge in [0.2, 0.25) is 5.91 Å². The fourth-order valence-corrected chi connectivity index (χ4v) is 3.85. The van der Waals surface area contributed by atoms with Crippen LogP contribution in [0.2, 0.25) is 0 Å². The number of piperazine rings is 1. The summed E-state index contributed by atoms with van der Waals surface area (Å²) < 4.78 is 1.82. The first-order chi connectivity index (χ1) is 12.8. The predicted molar refractivity (Wildman–Crippen MR) is 97.6 cm³/mol. The molecule has 0 bridgehead atoms. The average molecular weight is 355 g/mol. The Balaban J connectivity index is 1.28. The standard InChI is InChI=1S/C18H25N7O/c26-18(25-7-3-4-16(25)12-24-15-19-14-21-24)13-22-8-10-23(11-9-22)17-5-1-2-6-20-17/h1-2,5-6,14-16H,3-4,7-13H2. The van der Waals surface area contributed by atoms with E-state index in [-0.39, 0.29) is 11.9 Å². The van der Waals surface area contributed by atoms with Crippen LogP contribution in [0.3, 0.4) is 0 Å². The van der Waals surface area contributed by atoms with Crippen LogP contribution in [-0.4, -0.2) is 80.8 Å². The van der Waals surface area contributed by atoms with Gasteiger partial charge in [0.05, 0.1) is 19.1 Å². The zero-order valence-corrected chi connectivity index (χ0v) is 14.9. The summed E-state index contributed by atoms with van der Waals surface area (Å²) in [5.41, 5.74) is 0. The highest BCUT2D eigenvalue weighted by atomic mass is 16.2. The van der Waals surface area contributed by atoms with E-state index in [9.17, 15) is 4.79 Å². The van der Waals surface area contributed by atoms with Gasteiger partial charge < -0.3 is 9.80 Å². The van der Waals surface area contributed by atoms with Crippen molar-refractivity contribution in [1.29, 1.82) is 0 Å². The minimum Gasteiger partial charge on any atom is -0.354 e. The van der Waals surface area contributed by atoms with Crippen LogP contribution in [0.1, 0.15) is 12.8 Å². The number of carbonyl (C=O) groups is 1. The zero-order valence-electron chi connectivity index (χ0n) is 14.9. The van der Waals surface area contributed by atoms with Crippen LogP contribution in [0, 0.1) is 0 Å². The Morgan fingerprint density at radius 2 is 2.04 bits per heavy atom. The van der Waals surface area contributed by atoms with Crippen molar-refractivity contribution >= 4 is 11.7 Å². The number of hydrogen-bond acceptors (Lipinski definition) is 6. The SMILES string of the molecule is O=C(CN1CCN(c2ccccn2)CC1)N1CCCC1Cn1cncn1. The van der Waals surface area contributed by atoms with Crippen LogP contribution in [0.4, 0.5) is 5.82 Å². The van der Waals surface area contributed by atoms with Crippen molar-refractivity contribution in [3.8, 4) is 0 Å². The second-order valence-electron chi connectivity index (χ2n) is 6.95. The third-order valence-corrected chi connectivity index (χ3v) is 5.27. The van der Waals surface area contributed by atoms with Gasteiger partial charge in [-0.2, -0.15) is 5.10 Å². The van der Waals surface area contributed by atoms with E-state index in [2.05, 4.69) is 24.9 Å². The van der Waals surface area contributed by atoms with Gasteiger partial charge in [0.1, 0.15) is 18.5 Å². The van der Waals surface area contributed by atoms with Crippen LogP contribution in [-0.2, 0) is 11.3 Å². The third-order valence-electron chi connectivity index (χ3n) is 5.27. The van der Waals surface area contributed by atoms with E-state index in [0.29, 0.717) is 6.54 Å². The zero-order chi connectivity index (χ0) is 17.8. The van der Waals surface area contributed by atoms with Crippen molar-refractivity contribution in [2.75, 3.05) is 44.2 Å². The second kappa shape index (κ2) is 7.82. The lowest BCUT2D eigenvalue weighted by molar-refractivity contribution is -0.133. The summed E-state index contributed by atoms with van der Waals surface area (Å²) in [6, 6.07) is 6.23. The Hall–Kier alpha value is -2.48. The van der Waals surface area contributed by atoms with E-state index in [1.54, 1.807) is 12.7 Å². The number of pyridine rings is 1. The normalized spacial score (nSPS) is 21.3. The summed E-state index contributed by atoms with van der Waals surface area (Å²) in [6.45, 7) is 5.70. The molecular weight excluding hydrogens is 330 g/mol. The Kier molecular flexibility index (Phi) is 5.10. The molecule has 1 atom stereocenters. The minimum absolute atomic E-state index is 0.235. The molecule has 0 radical (unpaired) electrons. The Bertz CT molecular complexity index is 698. The molecule has 26 heavy (non-hydrogen) atoms. The Morgan fingerprint density at radius 1 is 1.15 bits per heavy atom. The van der Waals surface area contributed by atoms with Crippen LogP contribution >= 0.6 is 0 Å². The highest BCUT2D eigenvalue weighted by molar-refractivity contribution is 5.79. The monoisotopic (exact) mass is 355 g/mol. The van der Waals surface area contributed by atoms with Crippen LogP contribution < -0.4 is 4.90 Å². The van der Waals surface area contributed by atoms with Gasteiger partial charge in [-0.3, -0.25) is 14.4 Å². The molecule has 8 heteroatoms. The molecule has 138 valence electrons. The number of anilines is 1. The molecule has 2 aromatic heterocycles. The number of rotatable bonds is 5. The molecule has 2 aliphatic heterocycles. The summed E-state index contributed by atoms with van der Waals surface area (Å²) in [5.74, 6) is 1.25. The highest BCUT2D eigenvalue weighted by Gasteiger charge is 2.30. The van der Waals surface area contributed by atoms with E-state index in [0.717, 1.165) is 57.9 Å². The van der Waals surface area contributed by atoms with Crippen molar-refractivity contribution in [3.63, 3.8) is 0 Å². The number of aromatic nitrogens is 4. The molecule has 0 N–H and O–H groups in total. The predicted octanol–water partition coefficient (Wildman–Crippen LogP) is 0.486. The average Bonchev–Trinajstić information content (AvgIpc) is 3.35. The van der Waals surface area contributed by atoms with Gasteiger partial charge in [-0.15, -0.1) is 0 Å². The second-order valence-corrected chi connectivity index (χ2v) is 6.95. The first-order valence-electron chi connectivity index (χ1n) is 9.30. The number of carbonyl (C=O) groups excluding carboxylic acids is 1. The lowest BCUT2D eigenvalue weighted by atomic mass is 10.2. The molecule has 0 aromatic carbocycles. The number of nitrogens with zero attached hydrogens (tertiary/aromatic N) is 7.